The molecule has 4 nitrogen and oxygen atoms in total. The lowest BCUT2D eigenvalue weighted by Gasteiger charge is -2.09. The average molecular weight is 285 g/mol. The maximum absolute atomic E-state index is 13.4. The number of rotatable bonds is 4. The molecule has 0 aliphatic rings. The lowest BCUT2D eigenvalue weighted by atomic mass is 10.2. The minimum absolute atomic E-state index is 0.313. The standard InChI is InChI=1S/C16H16FN3O/c1-2-9-21-13-6-4-12(5-7-13)20-15-10-11(17)3-8-14(15)19-16(20)18/h3-8,10H,2,9H2,1H3,(H2,18,19). The average Bonchev–Trinajstić information content (AvgIpc) is 2.81. The summed E-state index contributed by atoms with van der Waals surface area (Å²) in [6.07, 6.45) is 0.958. The fourth-order valence-corrected chi connectivity index (χ4v) is 2.25. The summed E-state index contributed by atoms with van der Waals surface area (Å²) in [6, 6.07) is 11.9. The molecular formula is C16H16FN3O. The molecule has 0 unspecified atom stereocenters. The number of anilines is 1. The van der Waals surface area contributed by atoms with Crippen LogP contribution in [0.3, 0.4) is 0 Å². The maximum Gasteiger partial charge on any atom is 0.205 e. The number of fused-ring (bicyclic) bond motifs is 1. The van der Waals surface area contributed by atoms with E-state index in [1.165, 1.54) is 12.1 Å². The zero-order chi connectivity index (χ0) is 14.8. The fraction of sp³-hybridized carbons (Fsp3) is 0.188. The van der Waals surface area contributed by atoms with Crippen molar-refractivity contribution in [1.82, 2.24) is 9.55 Å². The van der Waals surface area contributed by atoms with Crippen LogP contribution in [0.5, 0.6) is 5.75 Å². The van der Waals surface area contributed by atoms with Gasteiger partial charge in [-0.05, 0) is 42.8 Å². The van der Waals surface area contributed by atoms with Crippen LogP contribution in [0.2, 0.25) is 0 Å². The molecule has 0 radical (unpaired) electrons. The third kappa shape index (κ3) is 2.54. The van der Waals surface area contributed by atoms with E-state index >= 15 is 0 Å². The molecule has 5 heteroatoms. The van der Waals surface area contributed by atoms with Crippen LogP contribution in [-0.2, 0) is 0 Å². The summed E-state index contributed by atoms with van der Waals surface area (Å²) in [5.41, 5.74) is 8.09. The molecule has 0 atom stereocenters. The Morgan fingerprint density at radius 1 is 1.19 bits per heavy atom. The summed E-state index contributed by atoms with van der Waals surface area (Å²) >= 11 is 0. The fourth-order valence-electron chi connectivity index (χ4n) is 2.25. The Morgan fingerprint density at radius 2 is 1.95 bits per heavy atom. The normalized spacial score (nSPS) is 11.0. The third-order valence-electron chi connectivity index (χ3n) is 3.21. The zero-order valence-electron chi connectivity index (χ0n) is 11.7. The maximum atomic E-state index is 13.4. The van der Waals surface area contributed by atoms with Crippen LogP contribution in [0.1, 0.15) is 13.3 Å². The van der Waals surface area contributed by atoms with Gasteiger partial charge < -0.3 is 10.5 Å². The van der Waals surface area contributed by atoms with Crippen molar-refractivity contribution in [2.24, 2.45) is 0 Å². The molecule has 108 valence electrons. The van der Waals surface area contributed by atoms with Gasteiger partial charge in [0.2, 0.25) is 5.95 Å². The van der Waals surface area contributed by atoms with E-state index in [2.05, 4.69) is 11.9 Å². The number of nitrogens with two attached hydrogens (primary N) is 1. The van der Waals surface area contributed by atoms with E-state index in [4.69, 9.17) is 10.5 Å². The lowest BCUT2D eigenvalue weighted by molar-refractivity contribution is 0.317. The first-order chi connectivity index (χ1) is 10.2. The summed E-state index contributed by atoms with van der Waals surface area (Å²) in [7, 11) is 0. The first-order valence-electron chi connectivity index (χ1n) is 6.85. The summed E-state index contributed by atoms with van der Waals surface area (Å²) in [5, 5.41) is 0. The number of benzene rings is 2. The van der Waals surface area contributed by atoms with E-state index in [0.29, 0.717) is 23.6 Å². The van der Waals surface area contributed by atoms with Crippen LogP contribution in [-0.4, -0.2) is 16.2 Å². The van der Waals surface area contributed by atoms with Crippen LogP contribution in [0.4, 0.5) is 10.3 Å². The van der Waals surface area contributed by atoms with Gasteiger partial charge in [0.05, 0.1) is 17.6 Å². The minimum Gasteiger partial charge on any atom is -0.494 e. The molecule has 0 saturated heterocycles. The predicted octanol–water partition coefficient (Wildman–Crippen LogP) is 3.54. The second-order valence-electron chi connectivity index (χ2n) is 4.78. The molecule has 0 spiro atoms. The highest BCUT2D eigenvalue weighted by atomic mass is 19.1. The van der Waals surface area contributed by atoms with Crippen LogP contribution >= 0.6 is 0 Å². The van der Waals surface area contributed by atoms with Gasteiger partial charge in [-0.1, -0.05) is 6.92 Å². The van der Waals surface area contributed by atoms with Crippen LogP contribution in [0.25, 0.3) is 16.7 Å². The molecular weight excluding hydrogens is 269 g/mol. The monoisotopic (exact) mass is 285 g/mol. The van der Waals surface area contributed by atoms with Crippen molar-refractivity contribution < 1.29 is 9.13 Å². The summed E-state index contributed by atoms with van der Waals surface area (Å²) in [6.45, 7) is 2.74. The molecule has 21 heavy (non-hydrogen) atoms. The molecule has 0 aliphatic heterocycles. The second-order valence-corrected chi connectivity index (χ2v) is 4.78. The van der Waals surface area contributed by atoms with Gasteiger partial charge in [0, 0.05) is 11.8 Å². The summed E-state index contributed by atoms with van der Waals surface area (Å²) < 4.78 is 20.7. The van der Waals surface area contributed by atoms with E-state index in [0.717, 1.165) is 17.9 Å². The largest absolute Gasteiger partial charge is 0.494 e. The number of hydrogen-bond donors (Lipinski definition) is 1. The van der Waals surface area contributed by atoms with Gasteiger partial charge in [0.15, 0.2) is 0 Å². The Morgan fingerprint density at radius 3 is 2.67 bits per heavy atom. The zero-order valence-corrected chi connectivity index (χ0v) is 11.7. The third-order valence-corrected chi connectivity index (χ3v) is 3.21. The highest BCUT2D eigenvalue weighted by molar-refractivity contribution is 5.80. The first kappa shape index (κ1) is 13.4. The second kappa shape index (κ2) is 5.44. The van der Waals surface area contributed by atoms with Crippen molar-refractivity contribution in [2.45, 2.75) is 13.3 Å². The van der Waals surface area contributed by atoms with E-state index < -0.39 is 0 Å². The van der Waals surface area contributed by atoms with Gasteiger partial charge >= 0.3 is 0 Å². The van der Waals surface area contributed by atoms with Crippen molar-refractivity contribution in [3.8, 4) is 11.4 Å². The Bertz CT molecular complexity index is 765. The number of hydrogen-bond acceptors (Lipinski definition) is 3. The molecule has 0 saturated carbocycles. The van der Waals surface area contributed by atoms with Gasteiger partial charge in [0.1, 0.15) is 11.6 Å². The van der Waals surface area contributed by atoms with E-state index in [1.807, 2.05) is 24.3 Å². The van der Waals surface area contributed by atoms with Crippen molar-refractivity contribution >= 4 is 17.0 Å². The molecule has 0 fully saturated rings. The molecule has 1 aromatic heterocycles. The molecule has 0 amide bonds. The molecule has 0 bridgehead atoms. The van der Waals surface area contributed by atoms with Gasteiger partial charge in [-0.2, -0.15) is 0 Å². The Hall–Kier alpha value is -2.56. The lowest BCUT2D eigenvalue weighted by Crippen LogP contribution is -2.01. The number of nitrogens with zero attached hydrogens (tertiary/aromatic N) is 2. The first-order valence-corrected chi connectivity index (χ1v) is 6.85. The SMILES string of the molecule is CCCOc1ccc(-n2c(N)nc3ccc(F)cc32)cc1. The summed E-state index contributed by atoms with van der Waals surface area (Å²) in [5.74, 6) is 0.819. The minimum atomic E-state index is -0.313. The number of nitrogen functional groups attached to an aromatic ring is 1. The summed E-state index contributed by atoms with van der Waals surface area (Å²) in [4.78, 5) is 4.25. The number of aromatic nitrogens is 2. The Kier molecular flexibility index (Phi) is 3.48. The van der Waals surface area contributed by atoms with Crippen molar-refractivity contribution in [3.63, 3.8) is 0 Å². The topological polar surface area (TPSA) is 53.1 Å². The highest BCUT2D eigenvalue weighted by Gasteiger charge is 2.10. The molecule has 2 N–H and O–H groups in total. The predicted molar refractivity (Wildman–Crippen MR) is 81.2 cm³/mol. The highest BCUT2D eigenvalue weighted by Crippen LogP contribution is 2.25. The van der Waals surface area contributed by atoms with Crippen LogP contribution in [0.15, 0.2) is 42.5 Å². The van der Waals surface area contributed by atoms with Gasteiger partial charge in [-0.3, -0.25) is 4.57 Å². The van der Waals surface area contributed by atoms with Crippen LogP contribution in [0, 0.1) is 5.82 Å². The molecule has 3 aromatic rings. The van der Waals surface area contributed by atoms with Crippen molar-refractivity contribution in [2.75, 3.05) is 12.3 Å². The van der Waals surface area contributed by atoms with Crippen molar-refractivity contribution in [1.29, 1.82) is 0 Å². The van der Waals surface area contributed by atoms with E-state index in [1.54, 1.807) is 10.6 Å². The number of imidazole rings is 1. The van der Waals surface area contributed by atoms with E-state index in [9.17, 15) is 4.39 Å². The number of ether oxygens (including phenoxy) is 1. The quantitative estimate of drug-likeness (QED) is 0.797. The molecule has 3 rings (SSSR count). The Labute approximate surface area is 122 Å². The smallest absolute Gasteiger partial charge is 0.205 e. The molecule has 2 aromatic carbocycles. The van der Waals surface area contributed by atoms with Gasteiger partial charge in [-0.25, -0.2) is 9.37 Å². The molecule has 1 heterocycles. The number of halogens is 1. The Balaban J connectivity index is 2.03. The van der Waals surface area contributed by atoms with Crippen molar-refractivity contribution in [3.05, 3.63) is 48.3 Å². The van der Waals surface area contributed by atoms with E-state index in [-0.39, 0.29) is 5.82 Å². The molecule has 0 aliphatic carbocycles. The van der Waals surface area contributed by atoms with Gasteiger partial charge in [0.25, 0.3) is 0 Å². The van der Waals surface area contributed by atoms with Crippen LogP contribution < -0.4 is 10.5 Å². The van der Waals surface area contributed by atoms with Gasteiger partial charge in [-0.15, -0.1) is 0 Å².